The van der Waals surface area contributed by atoms with Gasteiger partial charge in [0.15, 0.2) is 0 Å². The fourth-order valence-electron chi connectivity index (χ4n) is 3.99. The second-order valence-corrected chi connectivity index (χ2v) is 8.68. The lowest BCUT2D eigenvalue weighted by Gasteiger charge is -2.20. The first-order chi connectivity index (χ1) is 17.1. The van der Waals surface area contributed by atoms with Crippen molar-refractivity contribution < 1.29 is 9.47 Å². The molecular formula is C24H25ClN8O2. The Bertz CT molecular complexity index is 1300. The van der Waals surface area contributed by atoms with Crippen LogP contribution in [0, 0.1) is 0 Å². The van der Waals surface area contributed by atoms with Crippen LogP contribution in [0.15, 0.2) is 49.1 Å². The van der Waals surface area contributed by atoms with E-state index < -0.39 is 0 Å². The van der Waals surface area contributed by atoms with E-state index in [1.54, 1.807) is 36.6 Å². The first kappa shape index (κ1) is 23.0. The zero-order valence-electron chi connectivity index (χ0n) is 19.4. The van der Waals surface area contributed by atoms with Crippen LogP contribution < -0.4 is 20.1 Å². The van der Waals surface area contributed by atoms with Crippen molar-refractivity contribution in [2.75, 3.05) is 19.0 Å². The number of halogens is 1. The van der Waals surface area contributed by atoms with Gasteiger partial charge in [0.1, 0.15) is 23.9 Å². The molecule has 2 aromatic heterocycles. The number of ether oxygens (including phenoxy) is 2. The molecule has 1 aliphatic rings. The normalized spacial score (nSPS) is 13.7. The molecule has 2 N–H and O–H groups in total. The quantitative estimate of drug-likeness (QED) is 0.380. The third-order valence-electron chi connectivity index (χ3n) is 5.73. The molecule has 10 nitrogen and oxygen atoms in total. The number of methoxy groups -OCH3 is 1. The topological polar surface area (TPSA) is 112 Å². The van der Waals surface area contributed by atoms with E-state index in [1.165, 1.54) is 11.1 Å². The summed E-state index contributed by atoms with van der Waals surface area (Å²) in [5.74, 6) is 1.82. The molecule has 11 heteroatoms. The van der Waals surface area contributed by atoms with E-state index in [2.05, 4.69) is 48.3 Å². The van der Waals surface area contributed by atoms with Gasteiger partial charge in [0.2, 0.25) is 5.95 Å². The second kappa shape index (κ2) is 10.2. The molecule has 0 amide bonds. The van der Waals surface area contributed by atoms with Gasteiger partial charge in [-0.25, -0.2) is 14.6 Å². The number of hydrogen-bond donors (Lipinski definition) is 2. The third kappa shape index (κ3) is 5.33. The highest BCUT2D eigenvalue weighted by molar-refractivity contribution is 6.32. The number of nitrogens with zero attached hydrogens (tertiary/aromatic N) is 6. The highest BCUT2D eigenvalue weighted by Gasteiger charge is 2.15. The summed E-state index contributed by atoms with van der Waals surface area (Å²) < 4.78 is 13.2. The van der Waals surface area contributed by atoms with Crippen LogP contribution >= 0.6 is 11.6 Å². The predicted octanol–water partition coefficient (Wildman–Crippen LogP) is 3.65. The molecule has 0 spiro atoms. The highest BCUT2D eigenvalue weighted by Crippen LogP contribution is 2.33. The number of rotatable bonds is 8. The lowest BCUT2D eigenvalue weighted by Crippen LogP contribution is -2.23. The second-order valence-electron chi connectivity index (χ2n) is 8.27. The number of fused-ring (bicyclic) bond motifs is 1. The van der Waals surface area contributed by atoms with Crippen molar-refractivity contribution in [1.29, 1.82) is 0 Å². The zero-order valence-corrected chi connectivity index (χ0v) is 20.2. The summed E-state index contributed by atoms with van der Waals surface area (Å²) in [6, 6.07) is 9.77. The van der Waals surface area contributed by atoms with Crippen LogP contribution in [0.1, 0.15) is 18.1 Å². The lowest BCUT2D eigenvalue weighted by atomic mass is 10.00. The van der Waals surface area contributed by atoms with Crippen LogP contribution in [-0.4, -0.2) is 49.9 Å². The molecule has 0 unspecified atom stereocenters. The van der Waals surface area contributed by atoms with Crippen molar-refractivity contribution in [3.63, 3.8) is 0 Å². The largest absolute Gasteiger partial charge is 0.495 e. The third-order valence-corrected chi connectivity index (χ3v) is 6.05. The number of tetrazole rings is 1. The fourth-order valence-corrected chi connectivity index (χ4v) is 4.16. The average Bonchev–Trinajstić information content (AvgIpc) is 3.38. The monoisotopic (exact) mass is 492 g/mol. The van der Waals surface area contributed by atoms with Gasteiger partial charge in [-0.1, -0.05) is 17.7 Å². The molecule has 0 saturated heterocycles. The molecular weight excluding hydrogens is 468 g/mol. The summed E-state index contributed by atoms with van der Waals surface area (Å²) in [6.45, 7) is 4.24. The fraction of sp³-hybridized carbons (Fsp3) is 0.292. The molecule has 35 heavy (non-hydrogen) atoms. The Labute approximate surface area is 207 Å². The first-order valence-corrected chi connectivity index (χ1v) is 11.6. The smallest absolute Gasteiger partial charge is 0.227 e. The van der Waals surface area contributed by atoms with Crippen molar-refractivity contribution in [3.8, 4) is 22.6 Å². The Morgan fingerprint density at radius 3 is 2.74 bits per heavy atom. The van der Waals surface area contributed by atoms with Crippen LogP contribution in [0.2, 0.25) is 5.02 Å². The van der Waals surface area contributed by atoms with Crippen molar-refractivity contribution in [1.82, 2.24) is 35.5 Å². The van der Waals surface area contributed by atoms with Crippen LogP contribution in [0.3, 0.4) is 0 Å². The molecule has 4 aromatic rings. The maximum Gasteiger partial charge on any atom is 0.227 e. The molecule has 0 fully saturated rings. The summed E-state index contributed by atoms with van der Waals surface area (Å²) in [5, 5.41) is 18.3. The maximum absolute atomic E-state index is 6.37. The Balaban J connectivity index is 1.31. The first-order valence-electron chi connectivity index (χ1n) is 11.3. The number of anilines is 2. The van der Waals surface area contributed by atoms with Crippen molar-refractivity contribution in [2.45, 2.75) is 32.5 Å². The van der Waals surface area contributed by atoms with E-state index in [9.17, 15) is 0 Å². The zero-order chi connectivity index (χ0) is 24.2. The van der Waals surface area contributed by atoms with Gasteiger partial charge >= 0.3 is 0 Å². The van der Waals surface area contributed by atoms with E-state index in [0.717, 1.165) is 42.1 Å². The van der Waals surface area contributed by atoms with Crippen LogP contribution in [-0.2, 0) is 19.5 Å². The SMILES string of the molecule is COc1cc2c(cc1Nc1ncc(-c3ccc(Cl)c(O[C@@H](C)Cn4cnnn4)c3)cn1)CCNC2. The maximum atomic E-state index is 6.37. The Morgan fingerprint density at radius 1 is 1.11 bits per heavy atom. The van der Waals surface area contributed by atoms with Gasteiger partial charge in [-0.2, -0.15) is 0 Å². The molecule has 180 valence electrons. The van der Waals surface area contributed by atoms with Crippen LogP contribution in [0.4, 0.5) is 11.6 Å². The predicted molar refractivity (Wildman–Crippen MR) is 132 cm³/mol. The van der Waals surface area contributed by atoms with E-state index in [-0.39, 0.29) is 6.10 Å². The van der Waals surface area contributed by atoms with Gasteiger partial charge in [0.25, 0.3) is 0 Å². The van der Waals surface area contributed by atoms with Gasteiger partial charge in [-0.15, -0.1) is 5.10 Å². The standard InChI is InChI=1S/C24H25ClN8O2/c1-15(13-33-14-29-31-32-33)35-22-8-16(3-4-20(22)25)19-11-27-24(28-12-19)30-21-7-17-5-6-26-10-18(17)9-23(21)34-2/h3-4,7-9,11-12,14-15,26H,5-6,10,13H2,1-2H3,(H,27,28,30)/t15-/m0/s1. The molecule has 0 saturated carbocycles. The van der Waals surface area contributed by atoms with E-state index in [0.29, 0.717) is 23.3 Å². The van der Waals surface area contributed by atoms with Crippen molar-refractivity contribution in [3.05, 3.63) is 65.2 Å². The summed E-state index contributed by atoms with van der Waals surface area (Å²) in [5.41, 5.74) is 5.13. The molecule has 3 heterocycles. The van der Waals surface area contributed by atoms with Gasteiger partial charge in [-0.3, -0.25) is 0 Å². The molecule has 5 rings (SSSR count). The number of aromatic nitrogens is 6. The minimum absolute atomic E-state index is 0.184. The Kier molecular flexibility index (Phi) is 6.73. The van der Waals surface area contributed by atoms with Crippen molar-refractivity contribution >= 4 is 23.2 Å². The van der Waals surface area contributed by atoms with Crippen molar-refractivity contribution in [2.24, 2.45) is 0 Å². The van der Waals surface area contributed by atoms with Gasteiger partial charge in [0, 0.05) is 24.5 Å². The van der Waals surface area contributed by atoms with Crippen LogP contribution in [0.5, 0.6) is 11.5 Å². The minimum atomic E-state index is -0.184. The molecule has 0 radical (unpaired) electrons. The summed E-state index contributed by atoms with van der Waals surface area (Å²) in [7, 11) is 1.66. The van der Waals surface area contributed by atoms with Gasteiger partial charge < -0.3 is 20.1 Å². The number of benzene rings is 2. The molecule has 0 aliphatic carbocycles. The molecule has 1 atom stereocenters. The van der Waals surface area contributed by atoms with E-state index >= 15 is 0 Å². The number of hydrogen-bond acceptors (Lipinski definition) is 9. The van der Waals surface area contributed by atoms with E-state index in [4.69, 9.17) is 21.1 Å². The highest BCUT2D eigenvalue weighted by atomic mass is 35.5. The van der Waals surface area contributed by atoms with Gasteiger partial charge in [-0.05, 0) is 71.3 Å². The molecule has 1 aliphatic heterocycles. The van der Waals surface area contributed by atoms with E-state index in [1.807, 2.05) is 19.1 Å². The van der Waals surface area contributed by atoms with Crippen LogP contribution in [0.25, 0.3) is 11.1 Å². The number of nitrogens with one attached hydrogen (secondary N) is 2. The van der Waals surface area contributed by atoms with Gasteiger partial charge in [0.05, 0.1) is 24.4 Å². The molecule has 0 bridgehead atoms. The summed E-state index contributed by atoms with van der Waals surface area (Å²) in [6.07, 6.45) is 5.87. The Hall–Kier alpha value is -3.76. The average molecular weight is 493 g/mol. The minimum Gasteiger partial charge on any atom is -0.495 e. The Morgan fingerprint density at radius 2 is 1.97 bits per heavy atom. The summed E-state index contributed by atoms with van der Waals surface area (Å²) in [4.78, 5) is 9.02. The molecule has 2 aromatic carbocycles. The summed E-state index contributed by atoms with van der Waals surface area (Å²) >= 11 is 6.37. The lowest BCUT2D eigenvalue weighted by molar-refractivity contribution is 0.193.